The molecule has 1 atom stereocenters. The van der Waals surface area contributed by atoms with Gasteiger partial charge in [-0.1, -0.05) is 35.6 Å². The van der Waals surface area contributed by atoms with Crippen LogP contribution in [-0.4, -0.2) is 54.0 Å². The van der Waals surface area contributed by atoms with Crippen LogP contribution in [0.5, 0.6) is 5.75 Å². The predicted octanol–water partition coefficient (Wildman–Crippen LogP) is 4.93. The van der Waals surface area contributed by atoms with Crippen LogP contribution in [-0.2, 0) is 11.5 Å². The van der Waals surface area contributed by atoms with Crippen LogP contribution in [0, 0.1) is 0 Å². The number of carboxylic acid groups (broad SMARTS) is 1. The van der Waals surface area contributed by atoms with E-state index >= 15 is 0 Å². The van der Waals surface area contributed by atoms with Gasteiger partial charge in [0.05, 0.1) is 18.7 Å². The number of amides is 1. The lowest BCUT2D eigenvalue weighted by Gasteiger charge is -2.23. The summed E-state index contributed by atoms with van der Waals surface area (Å²) in [6.45, 7) is 8.49. The molecule has 1 aliphatic heterocycles. The van der Waals surface area contributed by atoms with Crippen LogP contribution in [0.4, 0.5) is 4.79 Å². The second kappa shape index (κ2) is 8.42. The van der Waals surface area contributed by atoms with E-state index in [0.717, 1.165) is 40.2 Å². The summed E-state index contributed by atoms with van der Waals surface area (Å²) in [5.74, 6) is 1.41. The molecule has 1 fully saturated rings. The summed E-state index contributed by atoms with van der Waals surface area (Å²) in [7, 11) is 0.438. The van der Waals surface area contributed by atoms with Gasteiger partial charge in [0, 0.05) is 25.7 Å². The van der Waals surface area contributed by atoms with E-state index in [1.807, 2.05) is 16.7 Å². The van der Waals surface area contributed by atoms with Gasteiger partial charge in [-0.05, 0) is 31.0 Å². The summed E-state index contributed by atoms with van der Waals surface area (Å²) in [6.07, 6.45) is 0.680. The molecule has 154 valence electrons. The van der Waals surface area contributed by atoms with Crippen LogP contribution >= 0.6 is 15.9 Å². The van der Waals surface area contributed by atoms with Crippen LogP contribution in [0.2, 0.25) is 25.7 Å². The highest BCUT2D eigenvalue weighted by Crippen LogP contribution is 2.37. The average Bonchev–Trinajstić information content (AvgIpc) is 3.21. The van der Waals surface area contributed by atoms with Crippen molar-refractivity contribution in [2.45, 2.75) is 51.3 Å². The van der Waals surface area contributed by atoms with Crippen LogP contribution in [0.25, 0.3) is 11.0 Å². The Morgan fingerprint density at radius 3 is 2.79 bits per heavy atom. The molecule has 1 N–H and O–H groups in total. The van der Waals surface area contributed by atoms with Gasteiger partial charge < -0.3 is 14.6 Å². The summed E-state index contributed by atoms with van der Waals surface area (Å²) in [4.78, 5) is 18.0. The Morgan fingerprint density at radius 2 is 2.14 bits per heavy atom. The molecule has 2 aromatic rings. The fourth-order valence-electron chi connectivity index (χ4n) is 3.55. The summed E-state index contributed by atoms with van der Waals surface area (Å²) >= 11 is 3.50. The van der Waals surface area contributed by atoms with Crippen LogP contribution in [0.3, 0.4) is 0 Å². The van der Waals surface area contributed by atoms with Gasteiger partial charge in [0.15, 0.2) is 0 Å². The van der Waals surface area contributed by atoms with Crippen LogP contribution in [0.1, 0.15) is 24.7 Å². The number of rotatable bonds is 7. The lowest BCUT2D eigenvalue weighted by molar-refractivity contribution is 0.0830. The molecule has 1 aromatic carbocycles. The number of carbonyl (C=O) groups is 1. The van der Waals surface area contributed by atoms with E-state index in [1.54, 1.807) is 7.11 Å². The van der Waals surface area contributed by atoms with Crippen molar-refractivity contribution in [3.8, 4) is 5.75 Å². The number of benzene rings is 1. The number of halogens is 1. The molecular weight excluding hydrogens is 442 g/mol. The third-order valence-corrected chi connectivity index (χ3v) is 7.20. The molecule has 28 heavy (non-hydrogen) atoms. The maximum Gasteiger partial charge on any atom is 0.407 e. The fraction of sp³-hybridized carbons (Fsp3) is 0.579. The molecule has 0 bridgehead atoms. The van der Waals surface area contributed by atoms with Crippen molar-refractivity contribution in [2.24, 2.45) is 0 Å². The summed E-state index contributed by atoms with van der Waals surface area (Å²) in [6, 6.07) is 4.63. The third-order valence-electron chi connectivity index (χ3n) is 5.03. The smallest absolute Gasteiger partial charge is 0.407 e. The number of aromatic nitrogens is 2. The molecule has 3 rings (SSSR count). The van der Waals surface area contributed by atoms with Crippen molar-refractivity contribution < 1.29 is 19.4 Å². The first kappa shape index (κ1) is 21.1. The molecule has 7 nitrogen and oxygen atoms in total. The van der Waals surface area contributed by atoms with Crippen molar-refractivity contribution in [3.63, 3.8) is 0 Å². The number of hydrogen-bond acceptors (Lipinski definition) is 4. The number of fused-ring (bicyclic) bond motifs is 1. The largest absolute Gasteiger partial charge is 0.494 e. The van der Waals surface area contributed by atoms with Crippen molar-refractivity contribution in [1.82, 2.24) is 14.5 Å². The zero-order valence-corrected chi connectivity index (χ0v) is 19.5. The van der Waals surface area contributed by atoms with Crippen molar-refractivity contribution >= 4 is 41.1 Å². The molecule has 1 unspecified atom stereocenters. The summed E-state index contributed by atoms with van der Waals surface area (Å²) in [5, 5.41) is 9.59. The standard InChI is InChI=1S/C19H28BrN3O4Si/c1-26-16-11-13(20)10-14-17(16)23(12-27-8-9-28(2,3)4)18(21-14)15-6-5-7-22(15)19(24)25/h10-11,15H,5-9,12H2,1-4H3,(H,24,25). The van der Waals surface area contributed by atoms with Crippen LogP contribution < -0.4 is 4.74 Å². The normalized spacial score (nSPS) is 17.5. The first-order valence-electron chi connectivity index (χ1n) is 9.52. The van der Waals surface area contributed by atoms with Gasteiger partial charge in [0.2, 0.25) is 0 Å². The molecule has 0 aliphatic carbocycles. The van der Waals surface area contributed by atoms with Gasteiger partial charge in [-0.2, -0.15) is 0 Å². The first-order chi connectivity index (χ1) is 13.2. The molecule has 0 spiro atoms. The highest BCUT2D eigenvalue weighted by molar-refractivity contribution is 9.10. The number of nitrogens with zero attached hydrogens (tertiary/aromatic N) is 3. The number of imidazole rings is 1. The molecule has 9 heteroatoms. The minimum absolute atomic E-state index is 0.269. The van der Waals surface area contributed by atoms with Gasteiger partial charge in [-0.15, -0.1) is 0 Å². The van der Waals surface area contributed by atoms with Gasteiger partial charge in [0.25, 0.3) is 0 Å². The Kier molecular flexibility index (Phi) is 6.36. The first-order valence-corrected chi connectivity index (χ1v) is 14.0. The maximum absolute atomic E-state index is 11.7. The van der Waals surface area contributed by atoms with E-state index in [4.69, 9.17) is 14.5 Å². The quantitative estimate of drug-likeness (QED) is 0.459. The Morgan fingerprint density at radius 1 is 1.39 bits per heavy atom. The van der Waals surface area contributed by atoms with E-state index in [2.05, 4.69) is 35.6 Å². The second-order valence-corrected chi connectivity index (χ2v) is 14.9. The zero-order chi connectivity index (χ0) is 20.5. The van der Waals surface area contributed by atoms with Gasteiger partial charge in [-0.25, -0.2) is 9.78 Å². The highest BCUT2D eigenvalue weighted by atomic mass is 79.9. The fourth-order valence-corrected chi connectivity index (χ4v) is 4.74. The van der Waals surface area contributed by atoms with Crippen LogP contribution in [0.15, 0.2) is 16.6 Å². The number of methoxy groups -OCH3 is 1. The zero-order valence-electron chi connectivity index (χ0n) is 16.9. The Labute approximate surface area is 174 Å². The van der Waals surface area contributed by atoms with E-state index in [0.29, 0.717) is 25.6 Å². The maximum atomic E-state index is 11.7. The minimum Gasteiger partial charge on any atom is -0.494 e. The topological polar surface area (TPSA) is 76.8 Å². The molecule has 1 saturated heterocycles. The highest BCUT2D eigenvalue weighted by Gasteiger charge is 2.34. The van der Waals surface area contributed by atoms with Crippen molar-refractivity contribution in [3.05, 3.63) is 22.4 Å². The lowest BCUT2D eigenvalue weighted by atomic mass is 10.2. The molecule has 1 aromatic heterocycles. The average molecular weight is 470 g/mol. The Balaban J connectivity index is 2.00. The van der Waals surface area contributed by atoms with Crippen molar-refractivity contribution in [2.75, 3.05) is 20.3 Å². The predicted molar refractivity (Wildman–Crippen MR) is 115 cm³/mol. The molecule has 0 radical (unpaired) electrons. The molecule has 1 aliphatic rings. The summed E-state index contributed by atoms with van der Waals surface area (Å²) < 4.78 is 14.5. The second-order valence-electron chi connectivity index (χ2n) is 8.36. The van der Waals surface area contributed by atoms with Gasteiger partial charge in [-0.3, -0.25) is 9.47 Å². The monoisotopic (exact) mass is 469 g/mol. The molecule has 2 heterocycles. The van der Waals surface area contributed by atoms with E-state index in [-0.39, 0.29) is 6.04 Å². The Bertz CT molecular complexity index is 865. The number of hydrogen-bond donors (Lipinski definition) is 1. The van der Waals surface area contributed by atoms with E-state index in [9.17, 15) is 9.90 Å². The van der Waals surface area contributed by atoms with Crippen molar-refractivity contribution in [1.29, 1.82) is 0 Å². The number of ether oxygens (including phenoxy) is 2. The van der Waals surface area contributed by atoms with E-state index < -0.39 is 14.2 Å². The summed E-state index contributed by atoms with van der Waals surface area (Å²) in [5.41, 5.74) is 1.61. The molecular formula is C19H28BrN3O4Si. The van der Waals surface area contributed by atoms with Gasteiger partial charge in [0.1, 0.15) is 23.8 Å². The minimum atomic E-state index is -1.19. The lowest BCUT2D eigenvalue weighted by Crippen LogP contribution is -2.30. The third kappa shape index (κ3) is 4.52. The Hall–Kier alpha value is -1.58. The van der Waals surface area contributed by atoms with Gasteiger partial charge >= 0.3 is 6.09 Å². The van der Waals surface area contributed by atoms with E-state index in [1.165, 1.54) is 4.90 Å². The number of likely N-dealkylation sites (tertiary alicyclic amines) is 1. The molecule has 0 saturated carbocycles. The SMILES string of the molecule is COc1cc(Br)cc2nc(C3CCCN3C(=O)O)n(COCC[Si](C)(C)C)c12. The molecule has 1 amide bonds.